The predicted molar refractivity (Wildman–Crippen MR) is 123 cm³/mol. The first-order valence-electron chi connectivity index (χ1n) is 9.48. The molecule has 3 N–H and O–H groups in total. The molecule has 0 spiro atoms. The molecule has 1 aliphatic rings. The van der Waals surface area contributed by atoms with E-state index in [4.69, 9.17) is 10.7 Å². The fraction of sp³-hybridized carbons (Fsp3) is 0.450. The number of hydrogen-bond donors (Lipinski definition) is 2. The second-order valence-corrected chi connectivity index (χ2v) is 8.55. The normalized spacial score (nSPS) is 15.2. The van der Waals surface area contributed by atoms with Crippen LogP contribution in [0.3, 0.4) is 0 Å². The average molecular weight is 456 g/mol. The Kier molecular flexibility index (Phi) is 7.67. The summed E-state index contributed by atoms with van der Waals surface area (Å²) < 4.78 is 1.87. The summed E-state index contributed by atoms with van der Waals surface area (Å²) in [4.78, 5) is 19.1. The van der Waals surface area contributed by atoms with Gasteiger partial charge in [-0.1, -0.05) is 18.9 Å². The molecule has 158 valence electrons. The molecular weight excluding hydrogens is 429 g/mol. The van der Waals surface area contributed by atoms with Gasteiger partial charge in [0.1, 0.15) is 0 Å². The molecule has 0 bridgehead atoms. The van der Waals surface area contributed by atoms with Crippen molar-refractivity contribution in [2.45, 2.75) is 51.1 Å². The van der Waals surface area contributed by atoms with Crippen molar-refractivity contribution in [2.24, 2.45) is 5.73 Å². The maximum absolute atomic E-state index is 13.3. The van der Waals surface area contributed by atoms with E-state index in [1.54, 1.807) is 17.5 Å². The Morgan fingerprint density at radius 3 is 2.66 bits per heavy atom. The molecule has 3 aromatic heterocycles. The molecule has 29 heavy (non-hydrogen) atoms. The molecule has 0 aliphatic heterocycles. The minimum Gasteiger partial charge on any atom is -0.345 e. The van der Waals surface area contributed by atoms with Crippen molar-refractivity contribution in [3.05, 3.63) is 35.3 Å². The maximum Gasteiger partial charge on any atom is 0.252 e. The van der Waals surface area contributed by atoms with Crippen LogP contribution in [0.15, 0.2) is 29.8 Å². The van der Waals surface area contributed by atoms with Crippen molar-refractivity contribution >= 4 is 53.1 Å². The van der Waals surface area contributed by atoms with Crippen molar-refractivity contribution in [1.29, 1.82) is 0 Å². The molecule has 4 rings (SSSR count). The molecule has 9 heteroatoms. The number of hydrogen-bond acceptors (Lipinski definition) is 5. The molecule has 0 saturated heterocycles. The zero-order chi connectivity index (χ0) is 19.0. The van der Waals surface area contributed by atoms with Gasteiger partial charge in [-0.2, -0.15) is 5.10 Å². The van der Waals surface area contributed by atoms with Gasteiger partial charge in [-0.05, 0) is 44.2 Å². The standard InChI is InChI=1S/C20H25N5OS.2ClH/c1-13(2)25-18-15(11-22-25)14(10-16(23-18)17-6-5-9-27-17)19(26)24-20(12-21)7-3-4-8-20;;/h5-6,9-11,13H,3-4,7-8,12,21H2,1-2H3,(H,24,26);2*1H. The molecule has 1 saturated carbocycles. The molecule has 0 radical (unpaired) electrons. The number of fused-ring (bicyclic) bond motifs is 1. The fourth-order valence-electron chi connectivity index (χ4n) is 3.87. The minimum atomic E-state index is -0.288. The van der Waals surface area contributed by atoms with Gasteiger partial charge in [0.05, 0.1) is 33.3 Å². The molecule has 1 aliphatic carbocycles. The summed E-state index contributed by atoms with van der Waals surface area (Å²) >= 11 is 1.61. The van der Waals surface area contributed by atoms with Gasteiger partial charge in [0, 0.05) is 12.6 Å². The largest absolute Gasteiger partial charge is 0.345 e. The Labute approximate surface area is 187 Å². The predicted octanol–water partition coefficient (Wildman–Crippen LogP) is 4.59. The molecular formula is C20H27Cl2N5OS. The lowest BCUT2D eigenvalue weighted by Gasteiger charge is -2.28. The van der Waals surface area contributed by atoms with Crippen LogP contribution in [-0.4, -0.2) is 32.8 Å². The van der Waals surface area contributed by atoms with Crippen molar-refractivity contribution in [3.8, 4) is 10.6 Å². The molecule has 1 amide bonds. The minimum absolute atomic E-state index is 0. The number of aromatic nitrogens is 3. The van der Waals surface area contributed by atoms with Crippen LogP contribution in [0, 0.1) is 0 Å². The highest BCUT2D eigenvalue weighted by molar-refractivity contribution is 7.13. The number of rotatable bonds is 5. The van der Waals surface area contributed by atoms with Crippen LogP contribution in [0.5, 0.6) is 0 Å². The lowest BCUT2D eigenvalue weighted by molar-refractivity contribution is 0.0905. The van der Waals surface area contributed by atoms with Crippen LogP contribution in [0.2, 0.25) is 0 Å². The van der Waals surface area contributed by atoms with E-state index < -0.39 is 0 Å². The third kappa shape index (κ3) is 4.43. The summed E-state index contributed by atoms with van der Waals surface area (Å²) in [5, 5.41) is 10.5. The van der Waals surface area contributed by atoms with Gasteiger partial charge < -0.3 is 11.1 Å². The van der Waals surface area contributed by atoms with Crippen LogP contribution >= 0.6 is 36.2 Å². The quantitative estimate of drug-likeness (QED) is 0.588. The molecule has 0 unspecified atom stereocenters. The Balaban J connectivity index is 0.00000150. The molecule has 3 heterocycles. The van der Waals surface area contributed by atoms with Gasteiger partial charge in [-0.25, -0.2) is 9.67 Å². The SMILES string of the molecule is CC(C)n1ncc2c(C(=O)NC3(CN)CCCC3)cc(-c3cccs3)nc21.Cl.Cl. The van der Waals surface area contributed by atoms with E-state index in [9.17, 15) is 4.79 Å². The van der Waals surface area contributed by atoms with Crippen LogP contribution < -0.4 is 11.1 Å². The highest BCUT2D eigenvalue weighted by Crippen LogP contribution is 2.32. The summed E-state index contributed by atoms with van der Waals surface area (Å²) in [6.45, 7) is 4.59. The zero-order valence-corrected chi connectivity index (χ0v) is 19.0. The third-order valence-corrected chi connectivity index (χ3v) is 6.30. The fourth-order valence-corrected chi connectivity index (χ4v) is 4.56. The van der Waals surface area contributed by atoms with E-state index in [1.165, 1.54) is 0 Å². The van der Waals surface area contributed by atoms with Crippen LogP contribution in [0.4, 0.5) is 0 Å². The lowest BCUT2D eigenvalue weighted by atomic mass is 9.97. The van der Waals surface area contributed by atoms with Gasteiger partial charge in [-0.15, -0.1) is 36.2 Å². The number of nitrogens with one attached hydrogen (secondary N) is 1. The zero-order valence-electron chi connectivity index (χ0n) is 16.6. The Morgan fingerprint density at radius 1 is 1.34 bits per heavy atom. The lowest BCUT2D eigenvalue weighted by Crippen LogP contribution is -2.51. The first-order valence-corrected chi connectivity index (χ1v) is 10.4. The average Bonchev–Trinajstić information content (AvgIpc) is 3.40. The number of carbonyl (C=O) groups is 1. The summed E-state index contributed by atoms with van der Waals surface area (Å²) in [5.41, 5.74) is 7.90. The van der Waals surface area contributed by atoms with E-state index >= 15 is 0 Å². The van der Waals surface area contributed by atoms with Crippen LogP contribution in [0.1, 0.15) is 55.9 Å². The Hall–Kier alpha value is -1.67. The molecule has 0 atom stereocenters. The summed E-state index contributed by atoms with van der Waals surface area (Å²) in [5.74, 6) is -0.0872. The molecule has 3 aromatic rings. The van der Waals surface area contributed by atoms with Gasteiger partial charge in [0.25, 0.3) is 5.91 Å². The monoisotopic (exact) mass is 455 g/mol. The van der Waals surface area contributed by atoms with Crippen molar-refractivity contribution < 1.29 is 4.79 Å². The van der Waals surface area contributed by atoms with Gasteiger partial charge in [0.2, 0.25) is 0 Å². The van der Waals surface area contributed by atoms with Crippen LogP contribution in [-0.2, 0) is 0 Å². The number of nitrogens with two attached hydrogens (primary N) is 1. The van der Waals surface area contributed by atoms with E-state index in [-0.39, 0.29) is 42.3 Å². The Bertz CT molecular complexity index is 965. The first-order chi connectivity index (χ1) is 13.0. The number of carbonyl (C=O) groups excluding carboxylic acids is 1. The van der Waals surface area contributed by atoms with Crippen molar-refractivity contribution in [2.75, 3.05) is 6.54 Å². The number of thiophene rings is 1. The third-order valence-electron chi connectivity index (χ3n) is 5.40. The number of amides is 1. The van der Waals surface area contributed by atoms with Crippen LogP contribution in [0.25, 0.3) is 21.6 Å². The first kappa shape index (κ1) is 23.6. The summed E-state index contributed by atoms with van der Waals surface area (Å²) in [6, 6.07) is 6.06. The van der Waals surface area contributed by atoms with Gasteiger partial charge in [0.15, 0.2) is 5.65 Å². The van der Waals surface area contributed by atoms with E-state index in [0.29, 0.717) is 12.1 Å². The smallest absolute Gasteiger partial charge is 0.252 e. The molecule has 6 nitrogen and oxygen atoms in total. The highest BCUT2D eigenvalue weighted by Gasteiger charge is 2.34. The van der Waals surface area contributed by atoms with Crippen molar-refractivity contribution in [3.63, 3.8) is 0 Å². The highest BCUT2D eigenvalue weighted by atomic mass is 35.5. The second-order valence-electron chi connectivity index (χ2n) is 7.60. The molecule has 0 aromatic carbocycles. The van der Waals surface area contributed by atoms with E-state index in [2.05, 4.69) is 24.3 Å². The van der Waals surface area contributed by atoms with Gasteiger partial charge in [-0.3, -0.25) is 4.79 Å². The van der Waals surface area contributed by atoms with Gasteiger partial charge >= 0.3 is 0 Å². The number of nitrogens with zero attached hydrogens (tertiary/aromatic N) is 3. The number of halogens is 2. The topological polar surface area (TPSA) is 85.8 Å². The summed E-state index contributed by atoms with van der Waals surface area (Å²) in [6.07, 6.45) is 5.84. The number of pyridine rings is 1. The second kappa shape index (κ2) is 9.43. The van der Waals surface area contributed by atoms with E-state index in [0.717, 1.165) is 47.3 Å². The van der Waals surface area contributed by atoms with E-state index in [1.807, 2.05) is 28.3 Å². The summed E-state index contributed by atoms with van der Waals surface area (Å²) in [7, 11) is 0. The maximum atomic E-state index is 13.3. The van der Waals surface area contributed by atoms with Crippen molar-refractivity contribution in [1.82, 2.24) is 20.1 Å². The Morgan fingerprint density at radius 2 is 2.07 bits per heavy atom. The molecule has 1 fully saturated rings.